The van der Waals surface area contributed by atoms with Gasteiger partial charge in [0.05, 0.1) is 11.0 Å². The molecule has 0 saturated carbocycles. The van der Waals surface area contributed by atoms with E-state index in [4.69, 9.17) is 11.5 Å². The Bertz CT molecular complexity index is 585. The molecule has 0 atom stereocenters. The predicted octanol–water partition coefficient (Wildman–Crippen LogP) is 1.68. The van der Waals surface area contributed by atoms with Crippen molar-refractivity contribution in [2.24, 2.45) is 11.5 Å². The third kappa shape index (κ3) is 3.80. The Morgan fingerprint density at radius 3 is 1.53 bits per heavy atom. The number of pyridine rings is 2. The molecule has 0 aliphatic heterocycles. The van der Waals surface area contributed by atoms with Gasteiger partial charge in [-0.3, -0.25) is 9.97 Å². The van der Waals surface area contributed by atoms with Gasteiger partial charge in [-0.15, -0.1) is 0 Å². The molecular weight excluding hydrogens is 419 g/mol. The number of nitrogens with two attached hydrogens (primary N) is 2. The Labute approximate surface area is 126 Å². The van der Waals surface area contributed by atoms with Crippen LogP contribution < -0.4 is 11.5 Å². The Kier molecular flexibility index (Phi) is 6.57. The molecule has 0 aliphatic rings. The average Bonchev–Trinajstić information content (AvgIpc) is 2.47. The zero-order valence-electron chi connectivity index (χ0n) is 10.4. The number of hydrogen-bond acceptors (Lipinski definition) is 4. The molecular formula is C14H16N4Pt+2. The van der Waals surface area contributed by atoms with Gasteiger partial charge in [-0.1, -0.05) is 24.3 Å². The summed E-state index contributed by atoms with van der Waals surface area (Å²) in [6, 6.07) is 12.1. The van der Waals surface area contributed by atoms with Crippen molar-refractivity contribution >= 4 is 21.8 Å². The van der Waals surface area contributed by atoms with Gasteiger partial charge >= 0.3 is 21.1 Å². The number of benzene rings is 1. The van der Waals surface area contributed by atoms with Crippen LogP contribution in [0.5, 0.6) is 0 Å². The van der Waals surface area contributed by atoms with Crippen LogP contribution in [0.4, 0.5) is 0 Å². The summed E-state index contributed by atoms with van der Waals surface area (Å²) in [5, 5.41) is 2.28. The summed E-state index contributed by atoms with van der Waals surface area (Å²) in [4.78, 5) is 8.69. The standard InChI is InChI=1S/C12H8N2.C2H8N2.Pt/c1-3-9-5-6-10-4-2-8-14-12(10)11(9)13-7-1;3-1-2-4;/h1-8H;1-4H2;/q;;+2. The number of rotatable bonds is 1. The summed E-state index contributed by atoms with van der Waals surface area (Å²) in [6.07, 6.45) is 3.60. The van der Waals surface area contributed by atoms with Crippen molar-refractivity contribution in [3.05, 3.63) is 48.8 Å². The molecule has 2 aromatic heterocycles. The molecule has 0 unspecified atom stereocenters. The van der Waals surface area contributed by atoms with Gasteiger partial charge in [0.1, 0.15) is 0 Å². The van der Waals surface area contributed by atoms with E-state index in [0.29, 0.717) is 13.1 Å². The second-order valence-corrected chi connectivity index (χ2v) is 3.79. The van der Waals surface area contributed by atoms with Crippen LogP contribution in [0, 0.1) is 0 Å². The van der Waals surface area contributed by atoms with E-state index in [1.165, 1.54) is 0 Å². The Balaban J connectivity index is 0.000000323. The average molecular weight is 435 g/mol. The van der Waals surface area contributed by atoms with Crippen molar-refractivity contribution in [2.75, 3.05) is 13.1 Å². The monoisotopic (exact) mass is 435 g/mol. The summed E-state index contributed by atoms with van der Waals surface area (Å²) in [7, 11) is 0. The van der Waals surface area contributed by atoms with Crippen LogP contribution in [0.1, 0.15) is 0 Å². The van der Waals surface area contributed by atoms with Gasteiger partial charge in [-0.25, -0.2) is 0 Å². The van der Waals surface area contributed by atoms with Crippen LogP contribution in [-0.4, -0.2) is 23.1 Å². The summed E-state index contributed by atoms with van der Waals surface area (Å²) in [6.45, 7) is 1.19. The fraction of sp³-hybridized carbons (Fsp3) is 0.143. The van der Waals surface area contributed by atoms with Crippen molar-refractivity contribution in [1.82, 2.24) is 9.97 Å². The van der Waals surface area contributed by atoms with Crippen LogP contribution in [0.3, 0.4) is 0 Å². The third-order valence-corrected chi connectivity index (χ3v) is 2.51. The van der Waals surface area contributed by atoms with E-state index in [9.17, 15) is 0 Å². The van der Waals surface area contributed by atoms with Crippen LogP contribution in [0.2, 0.25) is 0 Å². The molecule has 0 fully saturated rings. The number of fused-ring (bicyclic) bond motifs is 3. The quantitative estimate of drug-likeness (QED) is 0.571. The topological polar surface area (TPSA) is 77.8 Å². The van der Waals surface area contributed by atoms with Gasteiger partial charge in [0.25, 0.3) is 0 Å². The predicted molar refractivity (Wildman–Crippen MR) is 75.2 cm³/mol. The first-order chi connectivity index (χ1) is 8.86. The molecule has 0 amide bonds. The maximum atomic E-state index is 4.90. The first-order valence-corrected chi connectivity index (χ1v) is 5.85. The van der Waals surface area contributed by atoms with Gasteiger partial charge in [-0.05, 0) is 12.1 Å². The zero-order valence-corrected chi connectivity index (χ0v) is 12.7. The SMILES string of the molecule is NCCN.[Pt+2].c1cnc2c(c1)ccc1cccnc12. The molecule has 0 spiro atoms. The Morgan fingerprint density at radius 1 is 0.737 bits per heavy atom. The van der Waals surface area contributed by atoms with E-state index in [1.807, 2.05) is 12.1 Å². The fourth-order valence-electron chi connectivity index (χ4n) is 1.68. The Morgan fingerprint density at radius 2 is 1.16 bits per heavy atom. The first kappa shape index (κ1) is 15.7. The fourth-order valence-corrected chi connectivity index (χ4v) is 1.68. The van der Waals surface area contributed by atoms with Gasteiger partial charge in [0.15, 0.2) is 0 Å². The molecule has 19 heavy (non-hydrogen) atoms. The van der Waals surface area contributed by atoms with Crippen LogP contribution in [0.15, 0.2) is 48.8 Å². The van der Waals surface area contributed by atoms with Gasteiger partial charge < -0.3 is 11.5 Å². The number of hydrogen-bond donors (Lipinski definition) is 2. The molecule has 4 nitrogen and oxygen atoms in total. The van der Waals surface area contributed by atoms with E-state index < -0.39 is 0 Å². The summed E-state index contributed by atoms with van der Waals surface area (Å²) >= 11 is 0. The van der Waals surface area contributed by atoms with E-state index in [2.05, 4.69) is 34.2 Å². The van der Waals surface area contributed by atoms with Crippen LogP contribution >= 0.6 is 0 Å². The number of nitrogens with zero attached hydrogens (tertiary/aromatic N) is 2. The van der Waals surface area contributed by atoms with Crippen molar-refractivity contribution in [1.29, 1.82) is 0 Å². The number of aromatic nitrogens is 2. The second kappa shape index (κ2) is 7.95. The summed E-state index contributed by atoms with van der Waals surface area (Å²) in [5.74, 6) is 0. The molecule has 0 aliphatic carbocycles. The smallest absolute Gasteiger partial charge is 0.329 e. The van der Waals surface area contributed by atoms with E-state index in [-0.39, 0.29) is 21.1 Å². The first-order valence-electron chi connectivity index (χ1n) is 5.85. The minimum Gasteiger partial charge on any atom is -0.329 e. The second-order valence-electron chi connectivity index (χ2n) is 3.79. The largest absolute Gasteiger partial charge is 2.00 e. The maximum Gasteiger partial charge on any atom is 2.00 e. The molecule has 0 saturated heterocycles. The van der Waals surface area contributed by atoms with Crippen molar-refractivity contribution in [3.8, 4) is 0 Å². The van der Waals surface area contributed by atoms with Crippen LogP contribution in [-0.2, 0) is 21.1 Å². The summed E-state index contributed by atoms with van der Waals surface area (Å²) in [5.41, 5.74) is 11.8. The molecule has 0 radical (unpaired) electrons. The van der Waals surface area contributed by atoms with E-state index >= 15 is 0 Å². The molecule has 1 aromatic carbocycles. The Hall–Kier alpha value is -1.35. The molecule has 100 valence electrons. The molecule has 0 bridgehead atoms. The minimum atomic E-state index is 0. The zero-order chi connectivity index (χ0) is 12.8. The van der Waals surface area contributed by atoms with Gasteiger partial charge in [-0.2, -0.15) is 0 Å². The summed E-state index contributed by atoms with van der Waals surface area (Å²) < 4.78 is 0. The van der Waals surface area contributed by atoms with Gasteiger partial charge in [0, 0.05) is 36.3 Å². The minimum absolute atomic E-state index is 0. The van der Waals surface area contributed by atoms with Crippen molar-refractivity contribution < 1.29 is 21.1 Å². The van der Waals surface area contributed by atoms with Crippen molar-refractivity contribution in [2.45, 2.75) is 0 Å². The van der Waals surface area contributed by atoms with Crippen molar-refractivity contribution in [3.63, 3.8) is 0 Å². The van der Waals surface area contributed by atoms with E-state index in [1.54, 1.807) is 12.4 Å². The molecule has 4 N–H and O–H groups in total. The molecule has 2 heterocycles. The molecule has 5 heteroatoms. The van der Waals surface area contributed by atoms with Crippen LogP contribution in [0.25, 0.3) is 21.8 Å². The normalized spacial score (nSPS) is 9.58. The van der Waals surface area contributed by atoms with Gasteiger partial charge in [0.2, 0.25) is 0 Å². The third-order valence-electron chi connectivity index (χ3n) is 2.51. The molecule has 3 rings (SSSR count). The maximum absolute atomic E-state index is 4.90. The molecule has 3 aromatic rings. The van der Waals surface area contributed by atoms with E-state index in [0.717, 1.165) is 21.8 Å².